The van der Waals surface area contributed by atoms with Crippen LogP contribution < -0.4 is 11.0 Å². The average molecular weight is 875 g/mol. The molecule has 6 aromatic rings. The Kier molecular flexibility index (Phi) is 7.10. The Labute approximate surface area is 374 Å². The van der Waals surface area contributed by atoms with Crippen LogP contribution in [0.1, 0.15) is 99.6 Å². The molecule has 6 aromatic heterocycles. The summed E-state index contributed by atoms with van der Waals surface area (Å²) in [4.78, 5) is 52.9. The molecule has 0 atom stereocenters. The average Bonchev–Trinajstić information content (AvgIpc) is 4.02. The number of rotatable bonds is 6. The predicted octanol–water partition coefficient (Wildman–Crippen LogP) is 7.42. The SMILES string of the molecule is c1cnc2c(c1)C1=NC/2=N\c2c3cccnc3c3n2[Si](OCC24CC5CC(CC(C5)C2)C4)(OCC24CC5CC(CC(C5)C2)C4)n2/c(c4cccnc4/c2=N/1)=N\C1=NC(=N\3)/c2cccnc21. The molecule has 4 aliphatic heterocycles. The molecular formula is C50H46N12O2Si. The van der Waals surface area contributed by atoms with Gasteiger partial charge in [-0.1, -0.05) is 0 Å². The molecule has 0 N–H and O–H groups in total. The van der Waals surface area contributed by atoms with Crippen molar-refractivity contribution < 1.29 is 8.85 Å². The number of aliphatic imine (C=N–C) groups is 4. The molecular weight excluding hydrogens is 829 g/mol. The fraction of sp³-hybridized carbons (Fsp3) is 0.440. The maximum absolute atomic E-state index is 8.27. The minimum Gasteiger partial charge on any atom is -0.360 e. The zero-order chi connectivity index (χ0) is 42.2. The van der Waals surface area contributed by atoms with Crippen LogP contribution in [0, 0.1) is 46.3 Å². The van der Waals surface area contributed by atoms with E-state index in [0.717, 1.165) is 57.4 Å². The van der Waals surface area contributed by atoms with E-state index in [2.05, 4.69) is 20.6 Å². The molecule has 8 fully saturated rings. The summed E-state index contributed by atoms with van der Waals surface area (Å²) in [6, 6.07) is 16.0. The molecule has 14 nitrogen and oxygen atoms in total. The van der Waals surface area contributed by atoms with Gasteiger partial charge in [0.05, 0.1) is 0 Å². The third kappa shape index (κ3) is 5.06. The first-order valence-electron chi connectivity index (χ1n) is 23.9. The van der Waals surface area contributed by atoms with Gasteiger partial charge in [-0.2, -0.15) is 0 Å². The Hall–Kier alpha value is -5.90. The number of hydrogen-bond acceptors (Lipinski definition) is 12. The van der Waals surface area contributed by atoms with Crippen molar-refractivity contribution in [3.8, 4) is 0 Å². The lowest BCUT2D eigenvalue weighted by Crippen LogP contribution is -2.66. The summed E-state index contributed by atoms with van der Waals surface area (Å²) < 4.78 is 21.0. The van der Waals surface area contributed by atoms with Crippen LogP contribution in [0.3, 0.4) is 0 Å². The van der Waals surface area contributed by atoms with Crippen LogP contribution in [0.2, 0.25) is 0 Å². The zero-order valence-electron chi connectivity index (χ0n) is 36.0. The standard InChI is InChI=1S/C50H46N12O2Si/c1-5-33-37(51-9-1)43-55-41(33)57-47-39-35(7-3-11-53-39)46-60-44-38-34(6-2-10-52-38)42(56-44)58-48-40-36(8-4-12-54-40)45(59-43)62(48)65(61(46)47,63-25-49-19-27-13-28(20-49)15-29(14-27)21-49)64-26-50-22-30-16-31(23-50)18-32(17-30)24-50/h1-12,27-32H,13-26H2/b57-41-,57-47?,58-42?,58-48-,59-43?,59-45-,60-44-,60-46?. The molecule has 18 rings (SSSR count). The lowest BCUT2D eigenvalue weighted by molar-refractivity contribution is -0.0962. The summed E-state index contributed by atoms with van der Waals surface area (Å²) in [5.41, 5.74) is 5.52. The van der Waals surface area contributed by atoms with Crippen molar-refractivity contribution in [2.24, 2.45) is 76.3 Å². The van der Waals surface area contributed by atoms with Gasteiger partial charge in [0, 0.05) is 59.9 Å². The minimum absolute atomic E-state index is 0.0279. The van der Waals surface area contributed by atoms with Crippen molar-refractivity contribution in [1.82, 2.24) is 28.4 Å². The Balaban J connectivity index is 1.07. The van der Waals surface area contributed by atoms with Gasteiger partial charge < -0.3 is 8.85 Å². The van der Waals surface area contributed by atoms with E-state index >= 15 is 0 Å². The summed E-state index contributed by atoms with van der Waals surface area (Å²) in [5, 5.41) is 1.63. The highest BCUT2D eigenvalue weighted by Gasteiger charge is 2.60. The van der Waals surface area contributed by atoms with Crippen molar-refractivity contribution in [3.63, 3.8) is 0 Å². The molecule has 0 amide bonds. The molecule has 10 heterocycles. The Bertz CT molecular complexity index is 3110. The quantitative estimate of drug-likeness (QED) is 0.159. The van der Waals surface area contributed by atoms with E-state index in [1.807, 2.05) is 48.8 Å². The molecule has 14 bridgehead atoms. The number of fused-ring (bicyclic) bond motifs is 14. The van der Waals surface area contributed by atoms with E-state index in [-0.39, 0.29) is 10.8 Å². The van der Waals surface area contributed by atoms with E-state index in [1.54, 1.807) is 12.4 Å². The zero-order valence-corrected chi connectivity index (χ0v) is 37.0. The van der Waals surface area contributed by atoms with Gasteiger partial charge >= 0.3 is 8.88 Å². The van der Waals surface area contributed by atoms with Gasteiger partial charge in [-0.25, -0.2) is 30.0 Å². The highest BCUT2D eigenvalue weighted by atomic mass is 28.4. The van der Waals surface area contributed by atoms with Crippen molar-refractivity contribution in [2.75, 3.05) is 13.2 Å². The van der Waals surface area contributed by atoms with E-state index in [4.69, 9.17) is 58.7 Å². The molecule has 8 saturated carbocycles. The molecule has 0 spiro atoms. The number of hydrogen-bond donors (Lipinski definition) is 0. The maximum Gasteiger partial charge on any atom is 0.603 e. The molecule has 65 heavy (non-hydrogen) atoms. The molecule has 322 valence electrons. The smallest absolute Gasteiger partial charge is 0.360 e. The van der Waals surface area contributed by atoms with Gasteiger partial charge in [0.2, 0.25) is 0 Å². The van der Waals surface area contributed by atoms with E-state index in [1.165, 1.54) is 77.0 Å². The van der Waals surface area contributed by atoms with Crippen LogP contribution in [-0.4, -0.2) is 73.8 Å². The summed E-state index contributed by atoms with van der Waals surface area (Å²) >= 11 is 0. The van der Waals surface area contributed by atoms with Crippen LogP contribution in [0.25, 0.3) is 21.8 Å². The van der Waals surface area contributed by atoms with Gasteiger partial charge in [0.1, 0.15) is 33.7 Å². The Morgan fingerprint density at radius 3 is 1.52 bits per heavy atom. The van der Waals surface area contributed by atoms with Gasteiger partial charge in [0.15, 0.2) is 34.6 Å². The number of amidine groups is 4. The van der Waals surface area contributed by atoms with Gasteiger partial charge in [0.25, 0.3) is 0 Å². The Morgan fingerprint density at radius 1 is 0.462 bits per heavy atom. The minimum atomic E-state index is -4.31. The Morgan fingerprint density at radius 2 is 0.923 bits per heavy atom. The molecule has 0 aromatic carbocycles. The fourth-order valence-electron chi connectivity index (χ4n) is 15.7. The van der Waals surface area contributed by atoms with Crippen molar-refractivity contribution in [1.29, 1.82) is 0 Å². The third-order valence-electron chi connectivity index (χ3n) is 17.2. The topological polar surface area (TPSA) is 154 Å². The van der Waals surface area contributed by atoms with Crippen LogP contribution >= 0.6 is 0 Å². The fourth-order valence-corrected chi connectivity index (χ4v) is 19.2. The first-order valence-corrected chi connectivity index (χ1v) is 25.6. The third-order valence-corrected chi connectivity index (χ3v) is 20.2. The second-order valence-electron chi connectivity index (χ2n) is 21.5. The number of nitrogens with zero attached hydrogens (tertiary/aromatic N) is 12. The van der Waals surface area contributed by atoms with Gasteiger partial charge in [-0.15, -0.1) is 0 Å². The van der Waals surface area contributed by atoms with E-state index < -0.39 is 8.88 Å². The second kappa shape index (κ2) is 12.7. The van der Waals surface area contributed by atoms with Gasteiger partial charge in [-0.3, -0.25) is 28.4 Å². The molecule has 0 unspecified atom stereocenters. The number of aromatic nitrogens is 6. The maximum atomic E-state index is 8.27. The summed E-state index contributed by atoms with van der Waals surface area (Å²) in [7, 11) is -4.31. The molecule has 0 radical (unpaired) electrons. The summed E-state index contributed by atoms with van der Waals surface area (Å²) in [5.74, 6) is 7.57. The highest BCUT2D eigenvalue weighted by Crippen LogP contribution is 2.62. The lowest BCUT2D eigenvalue weighted by Gasteiger charge is -2.58. The van der Waals surface area contributed by atoms with Crippen LogP contribution in [0.5, 0.6) is 0 Å². The number of pyridine rings is 4. The van der Waals surface area contributed by atoms with Crippen molar-refractivity contribution >= 4 is 65.7 Å². The molecule has 12 aliphatic rings. The molecule has 8 aliphatic carbocycles. The lowest BCUT2D eigenvalue weighted by atomic mass is 9.50. The van der Waals surface area contributed by atoms with Crippen LogP contribution in [0.15, 0.2) is 103 Å². The van der Waals surface area contributed by atoms with Gasteiger partial charge in [-0.05, 0) is 172 Å². The molecule has 0 saturated heterocycles. The molecule has 15 heteroatoms. The first kappa shape index (κ1) is 36.3. The monoisotopic (exact) mass is 874 g/mol. The second-order valence-corrected chi connectivity index (χ2v) is 24.1. The summed E-state index contributed by atoms with van der Waals surface area (Å²) in [6.07, 6.45) is 22.4. The van der Waals surface area contributed by atoms with E-state index in [9.17, 15) is 0 Å². The predicted molar refractivity (Wildman–Crippen MR) is 245 cm³/mol. The van der Waals surface area contributed by atoms with Crippen LogP contribution in [-0.2, 0) is 8.85 Å². The largest absolute Gasteiger partial charge is 0.603 e. The normalized spacial score (nSPS) is 36.2. The van der Waals surface area contributed by atoms with Crippen molar-refractivity contribution in [2.45, 2.75) is 77.0 Å². The summed E-state index contributed by atoms with van der Waals surface area (Å²) in [6.45, 7) is 1.09. The first-order chi connectivity index (χ1) is 32.0. The van der Waals surface area contributed by atoms with E-state index in [0.29, 0.717) is 81.6 Å². The highest BCUT2D eigenvalue weighted by molar-refractivity contribution is 6.66. The van der Waals surface area contributed by atoms with Crippen LogP contribution in [0.4, 0.5) is 11.6 Å². The van der Waals surface area contributed by atoms with Crippen molar-refractivity contribution in [3.05, 3.63) is 107 Å².